The summed E-state index contributed by atoms with van der Waals surface area (Å²) in [6.07, 6.45) is 4.77. The molecule has 1 fully saturated rings. The minimum atomic E-state index is -4.04. The first kappa shape index (κ1) is 22.7. The summed E-state index contributed by atoms with van der Waals surface area (Å²) in [5.74, 6) is -0.870. The second-order valence-electron chi connectivity index (χ2n) is 8.06. The number of carbonyl (C=O) groups excluding carboxylic acids is 1. The summed E-state index contributed by atoms with van der Waals surface area (Å²) >= 11 is 0. The Kier molecular flexibility index (Phi) is 6.22. The first-order valence-electron chi connectivity index (χ1n) is 10.6. The maximum absolute atomic E-state index is 14.7. The molecule has 0 aliphatic carbocycles. The van der Waals surface area contributed by atoms with Gasteiger partial charge in [0.25, 0.3) is 15.0 Å². The fourth-order valence-corrected chi connectivity index (χ4v) is 4.87. The van der Waals surface area contributed by atoms with Gasteiger partial charge in [-0.05, 0) is 50.5 Å². The molecule has 170 valence electrons. The van der Waals surface area contributed by atoms with Gasteiger partial charge in [-0.1, -0.05) is 19.8 Å². The number of nitrogens with zero attached hydrogens (tertiary/aromatic N) is 4. The van der Waals surface area contributed by atoms with E-state index in [4.69, 9.17) is 10.7 Å². The van der Waals surface area contributed by atoms with E-state index in [1.165, 1.54) is 12.1 Å². The summed E-state index contributed by atoms with van der Waals surface area (Å²) in [6.45, 7) is 4.71. The van der Waals surface area contributed by atoms with Crippen molar-refractivity contribution in [3.05, 3.63) is 47.5 Å². The Hall–Kier alpha value is -2.52. The van der Waals surface area contributed by atoms with Crippen molar-refractivity contribution < 1.29 is 17.6 Å². The van der Waals surface area contributed by atoms with Gasteiger partial charge in [-0.15, -0.1) is 0 Å². The Morgan fingerprint density at radius 3 is 2.69 bits per heavy atom. The van der Waals surface area contributed by atoms with Gasteiger partial charge in [0.15, 0.2) is 5.65 Å². The van der Waals surface area contributed by atoms with Gasteiger partial charge in [-0.25, -0.2) is 22.3 Å². The molecular formula is C22H24ClFN4O3S. The maximum Gasteiger partial charge on any atom is 0.272 e. The second-order valence-corrected chi connectivity index (χ2v) is 10.6. The highest BCUT2D eigenvalue weighted by atomic mass is 35.7. The molecule has 10 heteroatoms. The van der Waals surface area contributed by atoms with Gasteiger partial charge in [0.1, 0.15) is 11.5 Å². The Bertz CT molecular complexity index is 1290. The van der Waals surface area contributed by atoms with Crippen LogP contribution in [-0.4, -0.2) is 46.4 Å². The zero-order valence-corrected chi connectivity index (χ0v) is 19.5. The molecule has 3 heterocycles. The molecule has 7 nitrogen and oxygen atoms in total. The summed E-state index contributed by atoms with van der Waals surface area (Å²) < 4.78 is 39.2. The number of benzene rings is 1. The number of halogens is 2. The first-order chi connectivity index (χ1) is 15.2. The molecule has 1 saturated heterocycles. The maximum atomic E-state index is 14.7. The van der Waals surface area contributed by atoms with Crippen LogP contribution < -0.4 is 0 Å². The number of aryl methyl sites for hydroxylation is 1. The Balaban J connectivity index is 1.75. The SMILES string of the molecule is CCc1cc(C(=O)N2CCCCCC2C)nc2cc(-c3ccc(S(=O)(=O)Cl)cc3F)nn12. The molecule has 0 N–H and O–H groups in total. The number of aromatic nitrogens is 3. The molecule has 0 spiro atoms. The van der Waals surface area contributed by atoms with E-state index < -0.39 is 14.9 Å². The molecule has 32 heavy (non-hydrogen) atoms. The summed E-state index contributed by atoms with van der Waals surface area (Å²) in [5.41, 5.74) is 1.95. The molecule has 2 aromatic heterocycles. The number of amides is 1. The first-order valence-corrected chi connectivity index (χ1v) is 12.9. The van der Waals surface area contributed by atoms with E-state index in [0.29, 0.717) is 24.3 Å². The van der Waals surface area contributed by atoms with E-state index in [1.807, 2.05) is 11.8 Å². The van der Waals surface area contributed by atoms with Gasteiger partial charge in [-0.2, -0.15) is 5.10 Å². The molecule has 0 saturated carbocycles. The third-order valence-corrected chi connectivity index (χ3v) is 7.25. The molecule has 1 amide bonds. The summed E-state index contributed by atoms with van der Waals surface area (Å²) in [5, 5.41) is 4.46. The molecule has 0 bridgehead atoms. The Morgan fingerprint density at radius 1 is 1.22 bits per heavy atom. The van der Waals surface area contributed by atoms with Crippen LogP contribution in [0, 0.1) is 5.82 Å². The minimum absolute atomic E-state index is 0.109. The fourth-order valence-electron chi connectivity index (χ4n) is 4.11. The predicted molar refractivity (Wildman–Crippen MR) is 120 cm³/mol. The average Bonchev–Trinajstić information content (AvgIpc) is 3.06. The van der Waals surface area contributed by atoms with E-state index in [1.54, 1.807) is 16.6 Å². The van der Waals surface area contributed by atoms with Crippen LogP contribution in [0.25, 0.3) is 16.9 Å². The van der Waals surface area contributed by atoms with Crippen LogP contribution in [0.5, 0.6) is 0 Å². The molecule has 0 radical (unpaired) electrons. The number of hydrogen-bond donors (Lipinski definition) is 0. The van der Waals surface area contributed by atoms with Crippen LogP contribution in [0.2, 0.25) is 0 Å². The lowest BCUT2D eigenvalue weighted by Gasteiger charge is -2.27. The highest BCUT2D eigenvalue weighted by molar-refractivity contribution is 8.13. The molecule has 1 aromatic carbocycles. The molecule has 1 aliphatic heterocycles. The van der Waals surface area contributed by atoms with Crippen LogP contribution in [0.1, 0.15) is 55.7 Å². The van der Waals surface area contributed by atoms with E-state index in [9.17, 15) is 17.6 Å². The van der Waals surface area contributed by atoms with Crippen molar-refractivity contribution in [3.63, 3.8) is 0 Å². The van der Waals surface area contributed by atoms with Crippen LogP contribution >= 0.6 is 10.7 Å². The number of carbonyl (C=O) groups is 1. The number of hydrogen-bond acceptors (Lipinski definition) is 5. The van der Waals surface area contributed by atoms with Crippen LogP contribution in [0.15, 0.2) is 35.2 Å². The summed E-state index contributed by atoms with van der Waals surface area (Å²) in [7, 11) is 1.26. The largest absolute Gasteiger partial charge is 0.335 e. The lowest BCUT2D eigenvalue weighted by molar-refractivity contribution is 0.0692. The van der Waals surface area contributed by atoms with Crippen molar-refractivity contribution in [2.75, 3.05) is 6.54 Å². The van der Waals surface area contributed by atoms with Crippen molar-refractivity contribution in [2.45, 2.75) is 56.9 Å². The molecule has 3 aromatic rings. The standard InChI is InChI=1S/C22H24ClFN4O3S/c1-3-15-11-20(22(29)27-10-6-4-5-7-14(27)2)25-21-13-19(26-28(15)21)17-9-8-16(12-18(17)24)32(23,30)31/h8-9,11-14H,3-7,10H2,1-2H3. The van der Waals surface area contributed by atoms with Crippen LogP contribution in [0.4, 0.5) is 4.39 Å². The molecule has 4 rings (SSSR count). The Morgan fingerprint density at radius 2 is 2.00 bits per heavy atom. The number of fused-ring (bicyclic) bond motifs is 1. The van der Waals surface area contributed by atoms with Crippen LogP contribution in [0.3, 0.4) is 0 Å². The lowest BCUT2D eigenvalue weighted by atomic mass is 10.1. The van der Waals surface area contributed by atoms with Crippen molar-refractivity contribution in [1.82, 2.24) is 19.5 Å². The topological polar surface area (TPSA) is 84.6 Å². The second kappa shape index (κ2) is 8.78. The van der Waals surface area contributed by atoms with E-state index in [-0.39, 0.29) is 28.1 Å². The Labute approximate surface area is 190 Å². The van der Waals surface area contributed by atoms with Gasteiger partial charge in [-0.3, -0.25) is 4.79 Å². The smallest absolute Gasteiger partial charge is 0.272 e. The van der Waals surface area contributed by atoms with Crippen LogP contribution in [-0.2, 0) is 15.5 Å². The number of likely N-dealkylation sites (tertiary alicyclic amines) is 1. The third-order valence-electron chi connectivity index (χ3n) is 5.89. The zero-order chi connectivity index (χ0) is 23.0. The van der Waals surface area contributed by atoms with Gasteiger partial charge >= 0.3 is 0 Å². The van der Waals surface area contributed by atoms with Crippen molar-refractivity contribution in [2.24, 2.45) is 0 Å². The van der Waals surface area contributed by atoms with E-state index in [0.717, 1.165) is 37.4 Å². The van der Waals surface area contributed by atoms with Crippen molar-refractivity contribution in [3.8, 4) is 11.3 Å². The average molecular weight is 479 g/mol. The highest BCUT2D eigenvalue weighted by Crippen LogP contribution is 2.27. The van der Waals surface area contributed by atoms with Gasteiger partial charge in [0, 0.05) is 40.6 Å². The quantitative estimate of drug-likeness (QED) is 0.518. The monoisotopic (exact) mass is 478 g/mol. The van der Waals surface area contributed by atoms with E-state index >= 15 is 0 Å². The zero-order valence-electron chi connectivity index (χ0n) is 17.9. The predicted octanol–water partition coefficient (Wildman–Crippen LogP) is 4.43. The van der Waals surface area contributed by atoms with E-state index in [2.05, 4.69) is 17.0 Å². The molecule has 1 atom stereocenters. The lowest BCUT2D eigenvalue weighted by Crippen LogP contribution is -2.38. The van der Waals surface area contributed by atoms with Gasteiger partial charge < -0.3 is 4.90 Å². The van der Waals surface area contributed by atoms with Gasteiger partial charge in [0.2, 0.25) is 0 Å². The normalized spacial score (nSPS) is 17.5. The molecular weight excluding hydrogens is 455 g/mol. The van der Waals surface area contributed by atoms with Crippen molar-refractivity contribution in [1.29, 1.82) is 0 Å². The highest BCUT2D eigenvalue weighted by Gasteiger charge is 2.25. The molecule has 1 aliphatic rings. The summed E-state index contributed by atoms with van der Waals surface area (Å²) in [6, 6.07) is 6.90. The summed E-state index contributed by atoms with van der Waals surface area (Å²) in [4.78, 5) is 19.3. The van der Waals surface area contributed by atoms with Gasteiger partial charge in [0.05, 0.1) is 10.6 Å². The fraction of sp³-hybridized carbons (Fsp3) is 0.409. The minimum Gasteiger partial charge on any atom is -0.335 e. The molecule has 1 unspecified atom stereocenters. The third kappa shape index (κ3) is 4.36. The number of rotatable bonds is 4. The van der Waals surface area contributed by atoms with Crippen molar-refractivity contribution >= 4 is 31.3 Å².